The van der Waals surface area contributed by atoms with E-state index in [1.165, 1.54) is 24.3 Å². The van der Waals surface area contributed by atoms with E-state index in [0.717, 1.165) is 18.2 Å². The molecule has 0 aromatic heterocycles. The predicted octanol–water partition coefficient (Wildman–Crippen LogP) is 8.58. The van der Waals surface area contributed by atoms with Crippen molar-refractivity contribution in [3.05, 3.63) is 107 Å². The van der Waals surface area contributed by atoms with Gasteiger partial charge in [0.05, 0.1) is 5.56 Å². The minimum absolute atomic E-state index is 0.0329. The average molecular weight is 492 g/mol. The van der Waals surface area contributed by atoms with Gasteiger partial charge in [-0.25, -0.2) is 39.5 Å². The molecule has 0 radical (unpaired) electrons. The van der Waals surface area contributed by atoms with Crippen LogP contribution in [0.2, 0.25) is 0 Å². The number of hydrogen-bond acceptors (Lipinski definition) is 0. The van der Waals surface area contributed by atoms with Gasteiger partial charge in [0.15, 0.2) is 40.7 Å². The van der Waals surface area contributed by atoms with E-state index in [1.807, 2.05) is 0 Å². The quantitative estimate of drug-likeness (QED) is 0.100. The highest BCUT2D eigenvalue weighted by molar-refractivity contribution is 6.21. The Bertz CT molecular complexity index is 1640. The molecule has 0 N–H and O–H groups in total. The van der Waals surface area contributed by atoms with E-state index in [1.54, 1.807) is 0 Å². The molecule has 0 nitrogen and oxygen atoms in total. The van der Waals surface area contributed by atoms with Crippen LogP contribution in [0.1, 0.15) is 0 Å². The number of fused-ring (bicyclic) bond motifs is 2. The van der Waals surface area contributed by atoms with Gasteiger partial charge in [0.2, 0.25) is 5.82 Å². The van der Waals surface area contributed by atoms with Crippen LogP contribution in [0.5, 0.6) is 0 Å². The Morgan fingerprint density at radius 2 is 0.857 bits per heavy atom. The molecule has 0 bridgehead atoms. The van der Waals surface area contributed by atoms with E-state index in [-0.39, 0.29) is 27.3 Å². The SMILES string of the molecule is Fc1cc(-c2c3ccccc3c(-c3c(F)c(F)c(F)c(F)c3F)c3cccc(F)c23)cc(F)c1F. The first-order chi connectivity index (χ1) is 16.6. The number of rotatable bonds is 2. The Balaban J connectivity index is 2.07. The molecule has 0 heterocycles. The summed E-state index contributed by atoms with van der Waals surface area (Å²) >= 11 is 0. The molecule has 35 heavy (non-hydrogen) atoms. The lowest BCUT2D eigenvalue weighted by Gasteiger charge is -2.19. The maximum atomic E-state index is 15.2. The summed E-state index contributed by atoms with van der Waals surface area (Å²) < 4.78 is 129. The summed E-state index contributed by atoms with van der Waals surface area (Å²) in [5.41, 5.74) is -2.29. The van der Waals surface area contributed by atoms with Crippen LogP contribution in [0.15, 0.2) is 54.6 Å². The molecule has 0 amide bonds. The standard InChI is InChI=1S/C26H9F9/c27-14-7-3-6-13-18(20-22(31)24(33)26(35)25(34)23(20)32)12-5-2-1-4-11(12)17(19(13)14)10-8-15(28)21(30)16(29)9-10/h1-9H. The third-order valence-electron chi connectivity index (χ3n) is 5.73. The topological polar surface area (TPSA) is 0 Å². The summed E-state index contributed by atoms with van der Waals surface area (Å²) in [7, 11) is 0. The fraction of sp³-hybridized carbons (Fsp3) is 0. The average Bonchev–Trinajstić information content (AvgIpc) is 2.84. The molecule has 5 aromatic carbocycles. The zero-order chi connectivity index (χ0) is 25.2. The minimum Gasteiger partial charge on any atom is -0.206 e. The van der Waals surface area contributed by atoms with Crippen molar-refractivity contribution in [2.75, 3.05) is 0 Å². The van der Waals surface area contributed by atoms with Gasteiger partial charge in [-0.3, -0.25) is 0 Å². The van der Waals surface area contributed by atoms with Crippen molar-refractivity contribution in [2.24, 2.45) is 0 Å². The van der Waals surface area contributed by atoms with Crippen LogP contribution in [0.3, 0.4) is 0 Å². The van der Waals surface area contributed by atoms with Crippen molar-refractivity contribution in [3.8, 4) is 22.3 Å². The van der Waals surface area contributed by atoms with E-state index in [0.29, 0.717) is 12.1 Å². The van der Waals surface area contributed by atoms with Gasteiger partial charge in [0.1, 0.15) is 5.82 Å². The van der Waals surface area contributed by atoms with Crippen LogP contribution in [0.4, 0.5) is 39.5 Å². The van der Waals surface area contributed by atoms with Gasteiger partial charge in [0, 0.05) is 16.5 Å². The van der Waals surface area contributed by atoms with Crippen molar-refractivity contribution < 1.29 is 39.5 Å². The molecule has 0 aliphatic heterocycles. The predicted molar refractivity (Wildman–Crippen MR) is 112 cm³/mol. The van der Waals surface area contributed by atoms with Crippen LogP contribution in [-0.4, -0.2) is 0 Å². The summed E-state index contributed by atoms with van der Waals surface area (Å²) in [6.07, 6.45) is 0. The van der Waals surface area contributed by atoms with Crippen molar-refractivity contribution in [1.82, 2.24) is 0 Å². The monoisotopic (exact) mass is 492 g/mol. The molecule has 0 aliphatic rings. The third-order valence-corrected chi connectivity index (χ3v) is 5.73. The van der Waals surface area contributed by atoms with Crippen molar-refractivity contribution in [3.63, 3.8) is 0 Å². The second-order valence-electron chi connectivity index (χ2n) is 7.66. The smallest absolute Gasteiger partial charge is 0.200 e. The maximum absolute atomic E-state index is 15.2. The molecule has 5 aromatic rings. The van der Waals surface area contributed by atoms with Crippen molar-refractivity contribution >= 4 is 21.5 Å². The van der Waals surface area contributed by atoms with Crippen LogP contribution >= 0.6 is 0 Å². The van der Waals surface area contributed by atoms with Gasteiger partial charge in [0.25, 0.3) is 0 Å². The lowest BCUT2D eigenvalue weighted by atomic mass is 9.85. The van der Waals surface area contributed by atoms with E-state index in [9.17, 15) is 35.1 Å². The van der Waals surface area contributed by atoms with Crippen molar-refractivity contribution in [2.45, 2.75) is 0 Å². The number of halogens is 9. The first kappa shape index (κ1) is 22.8. The molecule has 0 fully saturated rings. The minimum atomic E-state index is -2.36. The number of hydrogen-bond donors (Lipinski definition) is 0. The zero-order valence-corrected chi connectivity index (χ0v) is 17.1. The highest BCUT2D eigenvalue weighted by Crippen LogP contribution is 2.46. The normalized spacial score (nSPS) is 11.6. The van der Waals surface area contributed by atoms with Crippen LogP contribution in [0, 0.1) is 52.4 Å². The molecule has 176 valence electrons. The van der Waals surface area contributed by atoms with Gasteiger partial charge in [-0.15, -0.1) is 0 Å². The third kappa shape index (κ3) is 3.25. The Morgan fingerprint density at radius 1 is 0.371 bits per heavy atom. The lowest BCUT2D eigenvalue weighted by Crippen LogP contribution is -2.05. The van der Waals surface area contributed by atoms with Gasteiger partial charge in [-0.05, 0) is 39.9 Å². The Labute approximate surface area is 190 Å². The van der Waals surface area contributed by atoms with Crippen LogP contribution in [0.25, 0.3) is 43.8 Å². The zero-order valence-electron chi connectivity index (χ0n) is 17.1. The second-order valence-corrected chi connectivity index (χ2v) is 7.66. The van der Waals surface area contributed by atoms with Gasteiger partial charge in [-0.2, -0.15) is 0 Å². The fourth-order valence-electron chi connectivity index (χ4n) is 4.28. The highest BCUT2D eigenvalue weighted by atomic mass is 19.2. The summed E-state index contributed by atoms with van der Waals surface area (Å²) in [5.74, 6) is -16.9. The van der Waals surface area contributed by atoms with Gasteiger partial charge in [-0.1, -0.05) is 36.4 Å². The molecule has 0 saturated carbocycles. The molecule has 0 aliphatic carbocycles. The first-order valence-corrected chi connectivity index (χ1v) is 9.93. The molecule has 5 rings (SSSR count). The van der Waals surface area contributed by atoms with Crippen LogP contribution in [-0.2, 0) is 0 Å². The van der Waals surface area contributed by atoms with Gasteiger partial charge < -0.3 is 0 Å². The molecule has 0 atom stereocenters. The first-order valence-electron chi connectivity index (χ1n) is 9.93. The Kier molecular flexibility index (Phi) is 5.23. The summed E-state index contributed by atoms with van der Waals surface area (Å²) in [4.78, 5) is 0. The molecular formula is C26H9F9. The summed E-state index contributed by atoms with van der Waals surface area (Å²) in [6, 6.07) is 9.86. The largest absolute Gasteiger partial charge is 0.206 e. The summed E-state index contributed by atoms with van der Waals surface area (Å²) in [6.45, 7) is 0. The fourth-order valence-corrected chi connectivity index (χ4v) is 4.28. The van der Waals surface area contributed by atoms with Crippen molar-refractivity contribution in [1.29, 1.82) is 0 Å². The van der Waals surface area contributed by atoms with E-state index >= 15 is 4.39 Å². The highest BCUT2D eigenvalue weighted by Gasteiger charge is 2.30. The van der Waals surface area contributed by atoms with E-state index in [2.05, 4.69) is 0 Å². The van der Waals surface area contributed by atoms with E-state index in [4.69, 9.17) is 0 Å². The molecule has 9 heteroatoms. The van der Waals surface area contributed by atoms with E-state index < -0.39 is 68.9 Å². The lowest BCUT2D eigenvalue weighted by molar-refractivity contribution is 0.381. The molecule has 0 spiro atoms. The Hall–Kier alpha value is -4.01. The number of benzene rings is 5. The molecule has 0 unspecified atom stereocenters. The Morgan fingerprint density at radius 3 is 1.43 bits per heavy atom. The second kappa shape index (κ2) is 8.04. The summed E-state index contributed by atoms with van der Waals surface area (Å²) in [5, 5.41) is -0.856. The molecule has 0 saturated heterocycles. The molecular weight excluding hydrogens is 483 g/mol. The van der Waals surface area contributed by atoms with Gasteiger partial charge >= 0.3 is 0 Å². The maximum Gasteiger partial charge on any atom is 0.200 e. The van der Waals surface area contributed by atoms with Crippen LogP contribution < -0.4 is 0 Å².